The summed E-state index contributed by atoms with van der Waals surface area (Å²) in [4.78, 5) is 18.4. The number of rotatable bonds is 7. The summed E-state index contributed by atoms with van der Waals surface area (Å²) in [5.41, 5.74) is 1.21. The smallest absolute Gasteiger partial charge is 0.254 e. The number of amides is 1. The van der Waals surface area contributed by atoms with Gasteiger partial charge in [-0.3, -0.25) is 4.79 Å². The van der Waals surface area contributed by atoms with Crippen molar-refractivity contribution < 1.29 is 23.5 Å². The van der Waals surface area contributed by atoms with E-state index < -0.39 is 0 Å². The van der Waals surface area contributed by atoms with Gasteiger partial charge in [-0.15, -0.1) is 0 Å². The number of nitrogens with zero attached hydrogens (tertiary/aromatic N) is 3. The van der Waals surface area contributed by atoms with Crippen molar-refractivity contribution in [3.8, 4) is 28.6 Å². The summed E-state index contributed by atoms with van der Waals surface area (Å²) in [6, 6.07) is 12.2. The lowest BCUT2D eigenvalue weighted by atomic mass is 10.2. The van der Waals surface area contributed by atoms with Gasteiger partial charge in [0.15, 0.2) is 0 Å². The highest BCUT2D eigenvalue weighted by Gasteiger charge is 2.18. The predicted molar refractivity (Wildman–Crippen MR) is 102 cm³/mol. The Morgan fingerprint density at radius 2 is 1.68 bits per heavy atom. The van der Waals surface area contributed by atoms with E-state index in [1.54, 1.807) is 70.8 Å². The number of aromatic nitrogens is 2. The van der Waals surface area contributed by atoms with E-state index in [2.05, 4.69) is 10.1 Å². The Labute approximate surface area is 162 Å². The van der Waals surface area contributed by atoms with Gasteiger partial charge in [-0.25, -0.2) is 0 Å². The topological polar surface area (TPSA) is 86.9 Å². The standard InChI is InChI=1S/C20H21N3O5/c1-23(20(24)13-5-7-14(25-2)8-6-13)12-18-21-19(22-28-18)16-10-9-15(26-3)11-17(16)27-4/h5-11H,12H2,1-4H3. The Kier molecular flexibility index (Phi) is 5.78. The Balaban J connectivity index is 1.74. The van der Waals surface area contributed by atoms with Gasteiger partial charge in [0.05, 0.1) is 33.4 Å². The third-order valence-corrected chi connectivity index (χ3v) is 4.17. The number of carbonyl (C=O) groups is 1. The van der Waals surface area contributed by atoms with E-state index in [-0.39, 0.29) is 12.5 Å². The zero-order valence-electron chi connectivity index (χ0n) is 16.1. The third kappa shape index (κ3) is 4.06. The second kappa shape index (κ2) is 8.43. The van der Waals surface area contributed by atoms with Crippen molar-refractivity contribution in [1.29, 1.82) is 0 Å². The molecule has 28 heavy (non-hydrogen) atoms. The molecule has 0 unspecified atom stereocenters. The van der Waals surface area contributed by atoms with E-state index >= 15 is 0 Å². The fraction of sp³-hybridized carbons (Fsp3) is 0.250. The van der Waals surface area contributed by atoms with Gasteiger partial charge >= 0.3 is 0 Å². The number of methoxy groups -OCH3 is 3. The SMILES string of the molecule is COc1ccc(C(=O)N(C)Cc2nc(-c3ccc(OC)cc3OC)no2)cc1. The molecule has 0 spiro atoms. The third-order valence-electron chi connectivity index (χ3n) is 4.17. The summed E-state index contributed by atoms with van der Waals surface area (Å²) in [5.74, 6) is 2.44. The lowest BCUT2D eigenvalue weighted by molar-refractivity contribution is 0.0769. The second-order valence-electron chi connectivity index (χ2n) is 5.97. The molecule has 0 atom stereocenters. The molecule has 1 amide bonds. The van der Waals surface area contributed by atoms with Gasteiger partial charge in [0.1, 0.15) is 17.2 Å². The highest BCUT2D eigenvalue weighted by atomic mass is 16.5. The van der Waals surface area contributed by atoms with Gasteiger partial charge in [-0.2, -0.15) is 4.98 Å². The molecular weight excluding hydrogens is 362 g/mol. The fourth-order valence-corrected chi connectivity index (χ4v) is 2.64. The molecule has 146 valence electrons. The van der Waals surface area contributed by atoms with Crippen LogP contribution in [0.25, 0.3) is 11.4 Å². The average molecular weight is 383 g/mol. The second-order valence-corrected chi connectivity index (χ2v) is 5.97. The Morgan fingerprint density at radius 1 is 1.00 bits per heavy atom. The van der Waals surface area contributed by atoms with Gasteiger partial charge in [-0.1, -0.05) is 5.16 Å². The van der Waals surface area contributed by atoms with Crippen LogP contribution in [-0.2, 0) is 6.54 Å². The van der Waals surface area contributed by atoms with Crippen molar-refractivity contribution in [2.45, 2.75) is 6.54 Å². The summed E-state index contributed by atoms with van der Waals surface area (Å²) >= 11 is 0. The lowest BCUT2D eigenvalue weighted by Crippen LogP contribution is -2.26. The van der Waals surface area contributed by atoms with Gasteiger partial charge in [0.2, 0.25) is 11.7 Å². The van der Waals surface area contributed by atoms with E-state index in [1.807, 2.05) is 0 Å². The fourth-order valence-electron chi connectivity index (χ4n) is 2.64. The van der Waals surface area contributed by atoms with Crippen LogP contribution in [0.4, 0.5) is 0 Å². The lowest BCUT2D eigenvalue weighted by Gasteiger charge is -2.14. The van der Waals surface area contributed by atoms with E-state index in [0.29, 0.717) is 40.1 Å². The molecule has 0 saturated carbocycles. The van der Waals surface area contributed by atoms with E-state index in [4.69, 9.17) is 18.7 Å². The zero-order chi connectivity index (χ0) is 20.1. The summed E-state index contributed by atoms with van der Waals surface area (Å²) in [6.45, 7) is 0.177. The Hall–Kier alpha value is -3.55. The van der Waals surface area contributed by atoms with Crippen molar-refractivity contribution in [3.63, 3.8) is 0 Å². The zero-order valence-corrected chi connectivity index (χ0v) is 16.1. The monoisotopic (exact) mass is 383 g/mol. The highest BCUT2D eigenvalue weighted by molar-refractivity contribution is 5.94. The van der Waals surface area contributed by atoms with Gasteiger partial charge < -0.3 is 23.6 Å². The number of ether oxygens (including phenoxy) is 3. The molecule has 0 N–H and O–H groups in total. The van der Waals surface area contributed by atoms with Crippen LogP contribution in [0.1, 0.15) is 16.2 Å². The minimum absolute atomic E-state index is 0.163. The largest absolute Gasteiger partial charge is 0.497 e. The van der Waals surface area contributed by atoms with Crippen molar-refractivity contribution in [2.75, 3.05) is 28.4 Å². The van der Waals surface area contributed by atoms with Crippen LogP contribution in [0.3, 0.4) is 0 Å². The average Bonchev–Trinajstić information content (AvgIpc) is 3.20. The van der Waals surface area contributed by atoms with Crippen LogP contribution in [0.5, 0.6) is 17.2 Å². The first kappa shape index (κ1) is 19.2. The molecule has 0 radical (unpaired) electrons. The summed E-state index contributed by atoms with van der Waals surface area (Å²) in [7, 11) is 6.38. The number of hydrogen-bond acceptors (Lipinski definition) is 7. The van der Waals surface area contributed by atoms with Crippen LogP contribution in [-0.4, -0.2) is 49.3 Å². The molecule has 3 aromatic rings. The molecule has 0 bridgehead atoms. The maximum atomic E-state index is 12.6. The van der Waals surface area contributed by atoms with Crippen LogP contribution < -0.4 is 14.2 Å². The van der Waals surface area contributed by atoms with Gasteiger partial charge in [0.25, 0.3) is 5.91 Å². The number of carbonyl (C=O) groups excluding carboxylic acids is 1. The van der Waals surface area contributed by atoms with Crippen molar-refractivity contribution in [2.24, 2.45) is 0 Å². The maximum absolute atomic E-state index is 12.6. The summed E-state index contributed by atoms with van der Waals surface area (Å²) in [5, 5.41) is 4.00. The molecule has 8 heteroatoms. The Morgan fingerprint density at radius 3 is 2.32 bits per heavy atom. The molecule has 3 rings (SSSR count). The molecule has 8 nitrogen and oxygen atoms in total. The molecule has 0 aliphatic carbocycles. The Bertz CT molecular complexity index is 953. The molecule has 0 saturated heterocycles. The number of benzene rings is 2. The maximum Gasteiger partial charge on any atom is 0.254 e. The van der Waals surface area contributed by atoms with Crippen LogP contribution in [0, 0.1) is 0 Å². The minimum Gasteiger partial charge on any atom is -0.497 e. The van der Waals surface area contributed by atoms with E-state index in [9.17, 15) is 4.79 Å². The molecule has 0 aliphatic rings. The summed E-state index contributed by atoms with van der Waals surface area (Å²) < 4.78 is 21.0. The highest BCUT2D eigenvalue weighted by Crippen LogP contribution is 2.31. The predicted octanol–water partition coefficient (Wildman–Crippen LogP) is 3.03. The quantitative estimate of drug-likeness (QED) is 0.620. The minimum atomic E-state index is -0.163. The first-order valence-electron chi connectivity index (χ1n) is 8.50. The molecular formula is C20H21N3O5. The van der Waals surface area contributed by atoms with E-state index in [1.165, 1.54) is 4.90 Å². The molecule has 0 fully saturated rings. The normalized spacial score (nSPS) is 10.4. The first-order valence-corrected chi connectivity index (χ1v) is 8.50. The van der Waals surface area contributed by atoms with Crippen molar-refractivity contribution in [3.05, 3.63) is 53.9 Å². The van der Waals surface area contributed by atoms with Crippen LogP contribution >= 0.6 is 0 Å². The molecule has 1 aromatic heterocycles. The van der Waals surface area contributed by atoms with Gasteiger partial charge in [-0.05, 0) is 36.4 Å². The summed E-state index contributed by atoms with van der Waals surface area (Å²) in [6.07, 6.45) is 0. The van der Waals surface area contributed by atoms with Gasteiger partial charge in [0, 0.05) is 18.7 Å². The number of hydrogen-bond donors (Lipinski definition) is 0. The van der Waals surface area contributed by atoms with Crippen LogP contribution in [0.15, 0.2) is 47.0 Å². The van der Waals surface area contributed by atoms with Crippen LogP contribution in [0.2, 0.25) is 0 Å². The molecule has 0 aliphatic heterocycles. The molecule has 2 aromatic carbocycles. The van der Waals surface area contributed by atoms with E-state index in [0.717, 1.165) is 0 Å². The van der Waals surface area contributed by atoms with Crippen molar-refractivity contribution >= 4 is 5.91 Å². The van der Waals surface area contributed by atoms with Crippen molar-refractivity contribution in [1.82, 2.24) is 15.0 Å². The molecule has 1 heterocycles. The first-order chi connectivity index (χ1) is 13.5.